The molecule has 1 atom stereocenters. The highest BCUT2D eigenvalue weighted by molar-refractivity contribution is 5.79. The van der Waals surface area contributed by atoms with Crippen LogP contribution in [0.5, 0.6) is 0 Å². The molecule has 0 amide bonds. The third-order valence-electron chi connectivity index (χ3n) is 4.48. The van der Waals surface area contributed by atoms with Crippen LogP contribution in [0.3, 0.4) is 0 Å². The van der Waals surface area contributed by atoms with E-state index in [0.717, 1.165) is 30.7 Å². The lowest BCUT2D eigenvalue weighted by Gasteiger charge is -2.33. The Balaban J connectivity index is 2.05. The number of aromatic nitrogens is 2. The van der Waals surface area contributed by atoms with Crippen molar-refractivity contribution in [3.63, 3.8) is 0 Å². The highest BCUT2D eigenvalue weighted by atomic mass is 16.1. The van der Waals surface area contributed by atoms with Crippen molar-refractivity contribution in [3.05, 3.63) is 46.9 Å². The van der Waals surface area contributed by atoms with E-state index in [-0.39, 0.29) is 11.1 Å². The third-order valence-corrected chi connectivity index (χ3v) is 4.48. The number of rotatable bonds is 3. The van der Waals surface area contributed by atoms with E-state index in [0.29, 0.717) is 6.04 Å². The molecule has 1 aliphatic rings. The molecule has 2 aromatic rings. The summed E-state index contributed by atoms with van der Waals surface area (Å²) in [5.74, 6) is 0. The lowest BCUT2D eigenvalue weighted by atomic mass is 9.92. The fourth-order valence-electron chi connectivity index (χ4n) is 3.15. The molecule has 0 radical (unpaired) electrons. The van der Waals surface area contributed by atoms with E-state index in [1.165, 1.54) is 5.56 Å². The third kappa shape index (κ3) is 2.44. The van der Waals surface area contributed by atoms with E-state index in [2.05, 4.69) is 43.3 Å². The summed E-state index contributed by atoms with van der Waals surface area (Å²) in [4.78, 5) is 17.6. The largest absolute Gasteiger partial charge is 0.326 e. The summed E-state index contributed by atoms with van der Waals surface area (Å²) in [6, 6.07) is 6.43. The Labute approximate surface area is 125 Å². The summed E-state index contributed by atoms with van der Waals surface area (Å²) in [6.45, 7) is 13.1. The second kappa shape index (κ2) is 4.88. The SMILES string of the molecule is C=CC(C)(C)CN1Cc2cccc3[nH]c(=O)n(c23)C[C@@H]1C. The molecule has 0 unspecified atom stereocenters. The molecule has 1 N–H and O–H groups in total. The van der Waals surface area contributed by atoms with Gasteiger partial charge in [-0.1, -0.05) is 32.1 Å². The summed E-state index contributed by atoms with van der Waals surface area (Å²) >= 11 is 0. The topological polar surface area (TPSA) is 41.0 Å². The van der Waals surface area contributed by atoms with Crippen LogP contribution in [0.1, 0.15) is 26.3 Å². The fraction of sp³-hybridized carbons (Fsp3) is 0.471. The van der Waals surface area contributed by atoms with Crippen LogP contribution in [0.2, 0.25) is 0 Å². The van der Waals surface area contributed by atoms with Gasteiger partial charge in [-0.25, -0.2) is 4.79 Å². The average Bonchev–Trinajstić information content (AvgIpc) is 2.66. The van der Waals surface area contributed by atoms with E-state index in [4.69, 9.17) is 0 Å². The van der Waals surface area contributed by atoms with Gasteiger partial charge < -0.3 is 4.98 Å². The summed E-state index contributed by atoms with van der Waals surface area (Å²) in [7, 11) is 0. The fourth-order valence-corrected chi connectivity index (χ4v) is 3.15. The first-order valence-corrected chi connectivity index (χ1v) is 7.49. The van der Waals surface area contributed by atoms with Crippen LogP contribution in [0, 0.1) is 5.41 Å². The zero-order valence-electron chi connectivity index (χ0n) is 13.0. The number of hydrogen-bond acceptors (Lipinski definition) is 2. The van der Waals surface area contributed by atoms with Gasteiger partial charge in [-0.15, -0.1) is 6.58 Å². The molecule has 1 aliphatic heterocycles. The van der Waals surface area contributed by atoms with Gasteiger partial charge in [-0.3, -0.25) is 9.47 Å². The molecule has 1 aromatic carbocycles. The lowest BCUT2D eigenvalue weighted by molar-refractivity contribution is 0.144. The molecule has 0 aliphatic carbocycles. The molecule has 4 nitrogen and oxygen atoms in total. The Hall–Kier alpha value is -1.81. The van der Waals surface area contributed by atoms with Crippen molar-refractivity contribution in [1.29, 1.82) is 0 Å². The number of nitrogens with zero attached hydrogens (tertiary/aromatic N) is 2. The first kappa shape index (κ1) is 14.1. The van der Waals surface area contributed by atoms with Gasteiger partial charge in [0, 0.05) is 25.7 Å². The zero-order valence-corrected chi connectivity index (χ0v) is 13.0. The molecule has 0 saturated carbocycles. The first-order chi connectivity index (χ1) is 9.91. The molecule has 0 spiro atoms. The van der Waals surface area contributed by atoms with Crippen LogP contribution in [0.25, 0.3) is 11.0 Å². The van der Waals surface area contributed by atoms with Crippen molar-refractivity contribution in [2.75, 3.05) is 6.54 Å². The number of nitrogens with one attached hydrogen (secondary N) is 1. The standard InChI is InChI=1S/C17H23N3O/c1-5-17(3,4)11-19-10-13-7-6-8-14-15(13)20(9-12(19)2)16(21)18-14/h5-8,12H,1,9-11H2,2-4H3,(H,18,21)/t12-/m0/s1. The van der Waals surface area contributed by atoms with Gasteiger partial charge in [-0.05, 0) is 24.0 Å². The van der Waals surface area contributed by atoms with Gasteiger partial charge in [0.1, 0.15) is 0 Å². The lowest BCUT2D eigenvalue weighted by Crippen LogP contribution is -2.40. The number of benzene rings is 1. The smallest absolute Gasteiger partial charge is 0.306 e. The Kier molecular flexibility index (Phi) is 3.29. The van der Waals surface area contributed by atoms with Crippen molar-refractivity contribution < 1.29 is 0 Å². The summed E-state index contributed by atoms with van der Waals surface area (Å²) in [5, 5.41) is 0. The number of aromatic amines is 1. The van der Waals surface area contributed by atoms with E-state index < -0.39 is 0 Å². The van der Waals surface area contributed by atoms with E-state index in [9.17, 15) is 4.79 Å². The van der Waals surface area contributed by atoms with Gasteiger partial charge in [0.15, 0.2) is 0 Å². The second-order valence-electron chi connectivity index (χ2n) is 6.80. The highest BCUT2D eigenvalue weighted by Gasteiger charge is 2.27. The Bertz CT molecular complexity index is 738. The van der Waals surface area contributed by atoms with Crippen LogP contribution in [-0.2, 0) is 13.1 Å². The van der Waals surface area contributed by atoms with Crippen molar-refractivity contribution in [2.24, 2.45) is 5.41 Å². The van der Waals surface area contributed by atoms with Crippen LogP contribution >= 0.6 is 0 Å². The molecular formula is C17H23N3O. The summed E-state index contributed by atoms with van der Waals surface area (Å²) < 4.78 is 1.89. The van der Waals surface area contributed by atoms with Crippen molar-refractivity contribution >= 4 is 11.0 Å². The average molecular weight is 285 g/mol. The minimum atomic E-state index is -0.00543. The quantitative estimate of drug-likeness (QED) is 0.881. The van der Waals surface area contributed by atoms with Gasteiger partial charge >= 0.3 is 5.69 Å². The number of para-hydroxylation sites is 1. The molecule has 0 bridgehead atoms. The Morgan fingerprint density at radius 2 is 2.24 bits per heavy atom. The molecule has 0 saturated heterocycles. The molecule has 4 heteroatoms. The first-order valence-electron chi connectivity index (χ1n) is 7.49. The molecule has 3 rings (SSSR count). The van der Waals surface area contributed by atoms with Gasteiger partial charge in [0.05, 0.1) is 11.0 Å². The van der Waals surface area contributed by atoms with Crippen LogP contribution in [0.4, 0.5) is 0 Å². The molecular weight excluding hydrogens is 262 g/mol. The summed E-state index contributed by atoms with van der Waals surface area (Å²) in [5.41, 5.74) is 3.28. The minimum absolute atomic E-state index is 0.00543. The normalized spacial score (nSPS) is 19.7. The zero-order chi connectivity index (χ0) is 15.2. The molecule has 2 heterocycles. The maximum Gasteiger partial charge on any atom is 0.326 e. The predicted octanol–water partition coefficient (Wildman–Crippen LogP) is 2.75. The van der Waals surface area contributed by atoms with E-state index in [1.54, 1.807) is 0 Å². The maximum atomic E-state index is 12.2. The molecule has 21 heavy (non-hydrogen) atoms. The molecule has 0 fully saturated rings. The second-order valence-corrected chi connectivity index (χ2v) is 6.80. The minimum Gasteiger partial charge on any atom is -0.306 e. The van der Waals surface area contributed by atoms with Crippen molar-refractivity contribution in [3.8, 4) is 0 Å². The predicted molar refractivity (Wildman–Crippen MR) is 86.4 cm³/mol. The summed E-state index contributed by atoms with van der Waals surface area (Å²) in [6.07, 6.45) is 2.01. The van der Waals surface area contributed by atoms with Gasteiger partial charge in [-0.2, -0.15) is 0 Å². The maximum absolute atomic E-state index is 12.2. The number of H-pyrrole nitrogens is 1. The Morgan fingerprint density at radius 1 is 1.48 bits per heavy atom. The number of hydrogen-bond donors (Lipinski definition) is 1. The van der Waals surface area contributed by atoms with E-state index >= 15 is 0 Å². The van der Waals surface area contributed by atoms with Crippen LogP contribution in [-0.4, -0.2) is 27.0 Å². The van der Waals surface area contributed by atoms with Crippen LogP contribution < -0.4 is 5.69 Å². The number of imidazole rings is 1. The van der Waals surface area contributed by atoms with Gasteiger partial charge in [0.2, 0.25) is 0 Å². The van der Waals surface area contributed by atoms with Crippen molar-refractivity contribution in [1.82, 2.24) is 14.5 Å². The molecule has 112 valence electrons. The Morgan fingerprint density at radius 3 is 2.95 bits per heavy atom. The van der Waals surface area contributed by atoms with Crippen LogP contribution in [0.15, 0.2) is 35.6 Å². The van der Waals surface area contributed by atoms with E-state index in [1.807, 2.05) is 22.8 Å². The van der Waals surface area contributed by atoms with Crippen molar-refractivity contribution in [2.45, 2.75) is 39.9 Å². The highest BCUT2D eigenvalue weighted by Crippen LogP contribution is 2.27. The van der Waals surface area contributed by atoms with Gasteiger partial charge in [0.25, 0.3) is 0 Å². The molecule has 1 aromatic heterocycles. The monoisotopic (exact) mass is 285 g/mol.